The molecule has 132 valence electrons. The molecule has 2 rings (SSSR count). The molecule has 0 saturated heterocycles. The van der Waals surface area contributed by atoms with Gasteiger partial charge in [-0.25, -0.2) is 0 Å². The predicted octanol–water partition coefficient (Wildman–Crippen LogP) is 7.59. The van der Waals surface area contributed by atoms with Gasteiger partial charge in [-0.3, -0.25) is 0 Å². The summed E-state index contributed by atoms with van der Waals surface area (Å²) in [7, 11) is 0. The van der Waals surface area contributed by atoms with Crippen molar-refractivity contribution in [2.45, 2.75) is 63.7 Å². The minimum atomic E-state index is 0.204. The van der Waals surface area contributed by atoms with Crippen LogP contribution >= 0.6 is 22.6 Å². The average molecular weight is 436 g/mol. The van der Waals surface area contributed by atoms with Crippen molar-refractivity contribution in [3.05, 3.63) is 59.8 Å². The van der Waals surface area contributed by atoms with E-state index < -0.39 is 0 Å². The van der Waals surface area contributed by atoms with Gasteiger partial charge in [-0.05, 0) is 44.6 Å². The van der Waals surface area contributed by atoms with Crippen molar-refractivity contribution in [3.63, 3.8) is 0 Å². The highest BCUT2D eigenvalue weighted by molar-refractivity contribution is 14.1. The van der Waals surface area contributed by atoms with Gasteiger partial charge in [-0.15, -0.1) is 6.58 Å². The van der Waals surface area contributed by atoms with E-state index in [4.69, 9.17) is 0 Å². The molecule has 3 atom stereocenters. The molecule has 0 N–H and O–H groups in total. The Bertz CT molecular complexity index is 585. The third kappa shape index (κ3) is 3.98. The molecule has 0 saturated carbocycles. The van der Waals surface area contributed by atoms with Gasteiger partial charge in [0.1, 0.15) is 0 Å². The van der Waals surface area contributed by atoms with Gasteiger partial charge in [-0.2, -0.15) is 0 Å². The molecule has 0 radical (unpaired) electrons. The Labute approximate surface area is 163 Å². The fourth-order valence-electron chi connectivity index (χ4n) is 4.43. The van der Waals surface area contributed by atoms with E-state index in [2.05, 4.69) is 87.7 Å². The van der Waals surface area contributed by atoms with E-state index in [0.29, 0.717) is 15.8 Å². The number of hydrogen-bond acceptors (Lipinski definition) is 0. The van der Waals surface area contributed by atoms with Crippen LogP contribution in [0.2, 0.25) is 0 Å². The van der Waals surface area contributed by atoms with Crippen LogP contribution in [-0.2, 0) is 0 Å². The van der Waals surface area contributed by atoms with Crippen molar-refractivity contribution in [3.8, 4) is 0 Å². The summed E-state index contributed by atoms with van der Waals surface area (Å²) < 4.78 is 0.612. The van der Waals surface area contributed by atoms with Gasteiger partial charge in [-0.1, -0.05) is 91.0 Å². The molecule has 0 heterocycles. The van der Waals surface area contributed by atoms with Gasteiger partial charge in [0.15, 0.2) is 0 Å². The normalized spacial score (nSPS) is 27.1. The van der Waals surface area contributed by atoms with Gasteiger partial charge in [0, 0.05) is 21.2 Å². The van der Waals surface area contributed by atoms with Crippen LogP contribution in [0.5, 0.6) is 0 Å². The minimum absolute atomic E-state index is 0.204. The highest BCUT2D eigenvalue weighted by Gasteiger charge is 2.43. The number of halogens is 1. The van der Waals surface area contributed by atoms with Crippen LogP contribution in [0.1, 0.15) is 59.8 Å². The Balaban J connectivity index is 2.22. The molecule has 2 aliphatic carbocycles. The Morgan fingerprint density at radius 3 is 2.75 bits per heavy atom. The average Bonchev–Trinajstić information content (AvgIpc) is 2.76. The Morgan fingerprint density at radius 2 is 2.12 bits per heavy atom. The molecule has 0 spiro atoms. The first-order valence-electron chi connectivity index (χ1n) is 9.37. The van der Waals surface area contributed by atoms with Gasteiger partial charge in [0.25, 0.3) is 0 Å². The summed E-state index contributed by atoms with van der Waals surface area (Å²) >= 11 is 2.50. The number of alkyl halides is 1. The molecule has 0 bridgehead atoms. The van der Waals surface area contributed by atoms with E-state index in [-0.39, 0.29) is 5.41 Å². The Hall–Kier alpha value is -0.570. The molecule has 3 unspecified atom stereocenters. The van der Waals surface area contributed by atoms with E-state index in [1.165, 1.54) is 24.8 Å². The summed E-state index contributed by atoms with van der Waals surface area (Å²) in [5.41, 5.74) is 6.41. The monoisotopic (exact) mass is 436 g/mol. The third-order valence-corrected chi connectivity index (χ3v) is 7.28. The van der Waals surface area contributed by atoms with E-state index in [1.54, 1.807) is 16.7 Å². The lowest BCUT2D eigenvalue weighted by molar-refractivity contribution is 0.445. The van der Waals surface area contributed by atoms with Crippen molar-refractivity contribution in [1.82, 2.24) is 0 Å². The fraction of sp³-hybridized carbons (Fsp3) is 0.565. The lowest BCUT2D eigenvalue weighted by Crippen LogP contribution is -2.21. The second-order valence-corrected chi connectivity index (χ2v) is 9.43. The maximum Gasteiger partial charge on any atom is 0.0289 e. The van der Waals surface area contributed by atoms with Gasteiger partial charge >= 0.3 is 0 Å². The van der Waals surface area contributed by atoms with Crippen LogP contribution < -0.4 is 0 Å². The van der Waals surface area contributed by atoms with Crippen LogP contribution in [0.25, 0.3) is 0 Å². The predicted molar refractivity (Wildman–Crippen MR) is 117 cm³/mol. The molecule has 0 amide bonds. The van der Waals surface area contributed by atoms with E-state index in [9.17, 15) is 0 Å². The molecular formula is C23H33I. The van der Waals surface area contributed by atoms with Crippen molar-refractivity contribution in [2.24, 2.45) is 17.3 Å². The largest absolute Gasteiger partial charge is 0.103 e. The second-order valence-electron chi connectivity index (χ2n) is 7.83. The second kappa shape index (κ2) is 8.21. The zero-order valence-electron chi connectivity index (χ0n) is 15.9. The maximum atomic E-state index is 4.37. The van der Waals surface area contributed by atoms with Crippen molar-refractivity contribution in [1.29, 1.82) is 0 Å². The molecule has 24 heavy (non-hydrogen) atoms. The summed E-state index contributed by atoms with van der Waals surface area (Å²) in [4.78, 5) is 0. The van der Waals surface area contributed by atoms with Crippen molar-refractivity contribution < 1.29 is 0 Å². The zero-order valence-corrected chi connectivity index (χ0v) is 18.0. The summed E-state index contributed by atoms with van der Waals surface area (Å²) in [5, 5.41) is 0. The van der Waals surface area contributed by atoms with Gasteiger partial charge in [0.2, 0.25) is 0 Å². The van der Waals surface area contributed by atoms with Crippen molar-refractivity contribution in [2.75, 3.05) is 0 Å². The van der Waals surface area contributed by atoms with Crippen LogP contribution in [-0.4, -0.2) is 3.92 Å². The molecule has 0 aliphatic heterocycles. The first kappa shape index (κ1) is 19.8. The molecule has 2 aliphatic rings. The van der Waals surface area contributed by atoms with Crippen LogP contribution in [0.3, 0.4) is 0 Å². The number of allylic oxidation sites excluding steroid dienone is 8. The molecule has 0 aromatic carbocycles. The number of hydrogen-bond donors (Lipinski definition) is 0. The first-order valence-corrected chi connectivity index (χ1v) is 10.6. The van der Waals surface area contributed by atoms with E-state index in [0.717, 1.165) is 12.8 Å². The number of fused-ring (bicyclic) bond motifs is 1. The Kier molecular flexibility index (Phi) is 6.75. The van der Waals surface area contributed by atoms with Crippen LogP contribution in [0.4, 0.5) is 0 Å². The summed E-state index contributed by atoms with van der Waals surface area (Å²) in [6.07, 6.45) is 15.1. The highest BCUT2D eigenvalue weighted by atomic mass is 127. The molecule has 0 fully saturated rings. The molecule has 1 heteroatoms. The molecular weight excluding hydrogens is 403 g/mol. The smallest absolute Gasteiger partial charge is 0.0289 e. The lowest BCUT2D eigenvalue weighted by Gasteiger charge is -2.33. The highest BCUT2D eigenvalue weighted by Crippen LogP contribution is 2.55. The Morgan fingerprint density at radius 1 is 1.42 bits per heavy atom. The quantitative estimate of drug-likeness (QED) is 0.167. The zero-order chi connectivity index (χ0) is 17.9. The fourth-order valence-corrected chi connectivity index (χ4v) is 4.63. The maximum absolute atomic E-state index is 4.37. The van der Waals surface area contributed by atoms with Crippen molar-refractivity contribution >= 4 is 22.6 Å². The summed E-state index contributed by atoms with van der Waals surface area (Å²) in [5.74, 6) is 1.18. The number of rotatable bonds is 7. The standard InChI is InChI=1S/C23H33I/c1-7-9-10-21-17(4)20-14-12-18(15-22(20)23(21,5)6)16(3)11-13-19(24)8-2/h7,11,13,15,18-20H,1,3,8-10,12,14H2,2,4-6H3/b13-11-. The minimum Gasteiger partial charge on any atom is -0.103 e. The van der Waals surface area contributed by atoms with E-state index in [1.807, 2.05) is 0 Å². The molecule has 0 aromatic rings. The van der Waals surface area contributed by atoms with E-state index >= 15 is 0 Å². The van der Waals surface area contributed by atoms with Crippen LogP contribution in [0, 0.1) is 17.3 Å². The molecule has 0 nitrogen and oxygen atoms in total. The van der Waals surface area contributed by atoms with Gasteiger partial charge < -0.3 is 0 Å². The first-order chi connectivity index (χ1) is 11.3. The lowest BCUT2D eigenvalue weighted by atomic mass is 9.71. The topological polar surface area (TPSA) is 0 Å². The third-order valence-electron chi connectivity index (χ3n) is 5.98. The summed E-state index contributed by atoms with van der Waals surface area (Å²) in [6, 6.07) is 0. The molecule has 0 aromatic heterocycles. The summed E-state index contributed by atoms with van der Waals surface area (Å²) in [6.45, 7) is 17.7. The SMILES string of the molecule is C=CCCC1=C(C)C2CCC(C(=C)/C=C\C(I)CC)C=C2C1(C)C. The van der Waals surface area contributed by atoms with Crippen LogP contribution in [0.15, 0.2) is 59.8 Å². The van der Waals surface area contributed by atoms with Gasteiger partial charge in [0.05, 0.1) is 0 Å².